The molecule has 2 N–H and O–H groups in total. The minimum atomic E-state index is -1.44. The van der Waals surface area contributed by atoms with Crippen LogP contribution in [0.5, 0.6) is 0 Å². The first-order valence-corrected chi connectivity index (χ1v) is 8.83. The van der Waals surface area contributed by atoms with Gasteiger partial charge in [0, 0.05) is 0 Å². The molecule has 0 amide bonds. The lowest BCUT2D eigenvalue weighted by atomic mass is 9.75. The van der Waals surface area contributed by atoms with Crippen molar-refractivity contribution >= 4 is 21.5 Å². The molecule has 4 aromatic rings. The third-order valence-electron chi connectivity index (χ3n) is 5.57. The molecule has 0 spiro atoms. The maximum atomic E-state index is 11.3. The Morgan fingerprint density at radius 1 is 0.500 bits per heavy atom. The topological polar surface area (TPSA) is 40.5 Å². The maximum absolute atomic E-state index is 11.3. The molecule has 130 valence electrons. The third-order valence-corrected chi connectivity index (χ3v) is 5.57. The van der Waals surface area contributed by atoms with E-state index >= 15 is 0 Å². The van der Waals surface area contributed by atoms with E-state index in [9.17, 15) is 10.2 Å². The highest BCUT2D eigenvalue weighted by atomic mass is 16.4. The van der Waals surface area contributed by atoms with Crippen molar-refractivity contribution in [2.45, 2.75) is 25.0 Å². The Morgan fingerprint density at radius 2 is 0.846 bits per heavy atom. The second-order valence-electron chi connectivity index (χ2n) is 7.27. The van der Waals surface area contributed by atoms with Gasteiger partial charge in [0.15, 0.2) is 0 Å². The lowest BCUT2D eigenvalue weighted by Crippen LogP contribution is -2.45. The van der Waals surface area contributed by atoms with Crippen molar-refractivity contribution < 1.29 is 10.2 Å². The Morgan fingerprint density at radius 3 is 1.23 bits per heavy atom. The fourth-order valence-electron chi connectivity index (χ4n) is 3.55. The molecule has 2 atom stereocenters. The summed E-state index contributed by atoms with van der Waals surface area (Å²) in [6.45, 7) is 3.35. The SMILES string of the molecule is C[C@](O)(c1ccc2ccccc2c1)[C@](C)(O)c1ccc2ccccc2c1. The van der Waals surface area contributed by atoms with E-state index in [1.54, 1.807) is 13.8 Å². The molecule has 2 nitrogen and oxygen atoms in total. The first-order chi connectivity index (χ1) is 12.4. The molecule has 0 saturated heterocycles. The normalized spacial score (nSPS) is 16.3. The fraction of sp³-hybridized carbons (Fsp3) is 0.167. The van der Waals surface area contributed by atoms with Crippen LogP contribution in [0.2, 0.25) is 0 Å². The summed E-state index contributed by atoms with van der Waals surface area (Å²) in [5.74, 6) is 0. The molecule has 26 heavy (non-hydrogen) atoms. The third kappa shape index (κ3) is 2.59. The van der Waals surface area contributed by atoms with Crippen molar-refractivity contribution in [3.05, 3.63) is 96.1 Å². The summed E-state index contributed by atoms with van der Waals surface area (Å²) in [5.41, 5.74) is -1.51. The fourth-order valence-corrected chi connectivity index (χ4v) is 3.55. The van der Waals surface area contributed by atoms with Crippen LogP contribution in [-0.4, -0.2) is 10.2 Å². The van der Waals surface area contributed by atoms with E-state index in [0.29, 0.717) is 11.1 Å². The monoisotopic (exact) mass is 342 g/mol. The van der Waals surface area contributed by atoms with Crippen LogP contribution in [0, 0.1) is 0 Å². The summed E-state index contributed by atoms with van der Waals surface area (Å²) in [6.07, 6.45) is 0. The van der Waals surface area contributed by atoms with Gasteiger partial charge in [0.25, 0.3) is 0 Å². The minimum absolute atomic E-state index is 0.689. The molecule has 0 bridgehead atoms. The van der Waals surface area contributed by atoms with Crippen LogP contribution in [-0.2, 0) is 11.2 Å². The van der Waals surface area contributed by atoms with Gasteiger partial charge in [0.1, 0.15) is 11.2 Å². The van der Waals surface area contributed by atoms with E-state index in [-0.39, 0.29) is 0 Å². The van der Waals surface area contributed by atoms with E-state index in [0.717, 1.165) is 21.5 Å². The van der Waals surface area contributed by atoms with Crippen LogP contribution in [0.4, 0.5) is 0 Å². The van der Waals surface area contributed by atoms with Gasteiger partial charge in [-0.05, 0) is 58.7 Å². The van der Waals surface area contributed by atoms with E-state index in [1.807, 2.05) is 84.9 Å². The molecule has 0 aliphatic rings. The number of hydrogen-bond donors (Lipinski definition) is 2. The van der Waals surface area contributed by atoms with Crippen molar-refractivity contribution in [2.75, 3.05) is 0 Å². The number of rotatable bonds is 3. The zero-order valence-electron chi connectivity index (χ0n) is 15.0. The summed E-state index contributed by atoms with van der Waals surface area (Å²) in [5, 5.41) is 27.0. The molecule has 0 fully saturated rings. The molecule has 4 aromatic carbocycles. The summed E-state index contributed by atoms with van der Waals surface area (Å²) < 4.78 is 0. The summed E-state index contributed by atoms with van der Waals surface area (Å²) in [7, 11) is 0. The second-order valence-corrected chi connectivity index (χ2v) is 7.27. The van der Waals surface area contributed by atoms with Gasteiger partial charge in [-0.3, -0.25) is 0 Å². The van der Waals surface area contributed by atoms with Gasteiger partial charge in [0.2, 0.25) is 0 Å². The molecule has 0 aliphatic heterocycles. The summed E-state index contributed by atoms with van der Waals surface area (Å²) in [4.78, 5) is 0. The van der Waals surface area contributed by atoms with Gasteiger partial charge in [-0.25, -0.2) is 0 Å². The summed E-state index contributed by atoms with van der Waals surface area (Å²) in [6, 6.07) is 27.7. The molecule has 4 rings (SSSR count). The molecule has 0 saturated carbocycles. The number of hydrogen-bond acceptors (Lipinski definition) is 2. The van der Waals surface area contributed by atoms with Crippen LogP contribution in [0.25, 0.3) is 21.5 Å². The van der Waals surface area contributed by atoms with Crippen LogP contribution in [0.1, 0.15) is 25.0 Å². The second kappa shape index (κ2) is 5.94. The highest BCUT2D eigenvalue weighted by molar-refractivity contribution is 5.84. The van der Waals surface area contributed by atoms with E-state index < -0.39 is 11.2 Å². The average Bonchev–Trinajstić information content (AvgIpc) is 2.67. The van der Waals surface area contributed by atoms with Crippen molar-refractivity contribution in [1.82, 2.24) is 0 Å². The van der Waals surface area contributed by atoms with E-state index in [4.69, 9.17) is 0 Å². The van der Waals surface area contributed by atoms with Crippen molar-refractivity contribution in [3.63, 3.8) is 0 Å². The van der Waals surface area contributed by atoms with Crippen LogP contribution in [0.15, 0.2) is 84.9 Å². The Kier molecular flexibility index (Phi) is 3.83. The number of aliphatic hydroxyl groups is 2. The molecule has 2 heteroatoms. The van der Waals surface area contributed by atoms with Crippen molar-refractivity contribution in [2.24, 2.45) is 0 Å². The first kappa shape index (κ1) is 16.8. The Labute approximate surface area is 153 Å². The number of fused-ring (bicyclic) bond motifs is 2. The van der Waals surface area contributed by atoms with E-state index in [2.05, 4.69) is 0 Å². The Hall–Kier alpha value is -2.68. The van der Waals surface area contributed by atoms with Crippen molar-refractivity contribution in [1.29, 1.82) is 0 Å². The zero-order chi connectivity index (χ0) is 18.4. The highest BCUT2D eigenvalue weighted by Crippen LogP contribution is 2.41. The maximum Gasteiger partial charge on any atom is 0.119 e. The minimum Gasteiger partial charge on any atom is -0.382 e. The summed E-state index contributed by atoms with van der Waals surface area (Å²) >= 11 is 0. The lowest BCUT2D eigenvalue weighted by Gasteiger charge is -2.39. The highest BCUT2D eigenvalue weighted by Gasteiger charge is 2.44. The molecule has 0 aromatic heterocycles. The largest absolute Gasteiger partial charge is 0.382 e. The van der Waals surface area contributed by atoms with E-state index in [1.165, 1.54) is 0 Å². The molecular weight excluding hydrogens is 320 g/mol. The smallest absolute Gasteiger partial charge is 0.119 e. The van der Waals surface area contributed by atoms with Gasteiger partial charge in [-0.15, -0.1) is 0 Å². The average molecular weight is 342 g/mol. The van der Waals surface area contributed by atoms with Gasteiger partial charge >= 0.3 is 0 Å². The standard InChI is InChI=1S/C24H22O2/c1-23(25,21-13-11-17-7-3-5-9-19(17)15-21)24(2,26)22-14-12-18-8-4-6-10-20(18)16-22/h3-16,25-26H,1-2H3/t23-,24+. The molecule has 0 aliphatic carbocycles. The number of benzene rings is 4. The zero-order valence-corrected chi connectivity index (χ0v) is 15.0. The van der Waals surface area contributed by atoms with Crippen molar-refractivity contribution in [3.8, 4) is 0 Å². The Balaban J connectivity index is 1.82. The predicted octanol–water partition coefficient (Wildman–Crippen LogP) is 5.11. The van der Waals surface area contributed by atoms with Gasteiger partial charge < -0.3 is 10.2 Å². The van der Waals surface area contributed by atoms with Crippen LogP contribution >= 0.6 is 0 Å². The molecule has 0 unspecified atom stereocenters. The first-order valence-electron chi connectivity index (χ1n) is 8.83. The van der Waals surface area contributed by atoms with Crippen LogP contribution in [0.3, 0.4) is 0 Å². The lowest BCUT2D eigenvalue weighted by molar-refractivity contribution is -0.143. The van der Waals surface area contributed by atoms with Crippen LogP contribution < -0.4 is 0 Å². The molecule has 0 heterocycles. The Bertz CT molecular complexity index is 1000. The van der Waals surface area contributed by atoms with Gasteiger partial charge in [-0.1, -0.05) is 72.8 Å². The van der Waals surface area contributed by atoms with Gasteiger partial charge in [0.05, 0.1) is 0 Å². The molecule has 0 radical (unpaired) electrons. The predicted molar refractivity (Wildman–Crippen MR) is 107 cm³/mol. The van der Waals surface area contributed by atoms with Gasteiger partial charge in [-0.2, -0.15) is 0 Å². The quantitative estimate of drug-likeness (QED) is 0.543. The molecular formula is C24H22O2.